The van der Waals surface area contributed by atoms with E-state index in [0.717, 1.165) is 5.39 Å². The first-order chi connectivity index (χ1) is 10.9. The van der Waals surface area contributed by atoms with Crippen molar-refractivity contribution in [1.29, 1.82) is 0 Å². The van der Waals surface area contributed by atoms with E-state index in [4.69, 9.17) is 9.15 Å². The van der Waals surface area contributed by atoms with Gasteiger partial charge in [-0.3, -0.25) is 4.79 Å². The van der Waals surface area contributed by atoms with Crippen LogP contribution in [0.3, 0.4) is 0 Å². The molecule has 2 aromatic rings. The molecule has 3 rings (SSSR count). The smallest absolute Gasteiger partial charge is 0.289 e. The highest BCUT2D eigenvalue weighted by Crippen LogP contribution is 2.29. The molecule has 0 N–H and O–H groups in total. The molecule has 1 aromatic carbocycles. The maximum Gasteiger partial charge on any atom is 0.289 e. The van der Waals surface area contributed by atoms with Crippen LogP contribution >= 0.6 is 0 Å². The summed E-state index contributed by atoms with van der Waals surface area (Å²) in [6, 6.07) is 7.16. The largest absolute Gasteiger partial charge is 0.493 e. The van der Waals surface area contributed by atoms with Gasteiger partial charge in [0.25, 0.3) is 5.91 Å². The van der Waals surface area contributed by atoms with E-state index >= 15 is 0 Å². The summed E-state index contributed by atoms with van der Waals surface area (Å²) in [5.74, 6) is 0.620. The van der Waals surface area contributed by atoms with Crippen molar-refractivity contribution in [1.82, 2.24) is 4.90 Å². The van der Waals surface area contributed by atoms with Crippen LogP contribution in [0, 0.1) is 0 Å². The number of sulfone groups is 1. The summed E-state index contributed by atoms with van der Waals surface area (Å²) in [6.45, 7) is 0.843. The number of benzene rings is 1. The molecule has 1 aromatic heterocycles. The Hall–Kier alpha value is -2.02. The van der Waals surface area contributed by atoms with Crippen LogP contribution in [-0.2, 0) is 9.84 Å². The number of rotatable bonds is 3. The Kier molecular flexibility index (Phi) is 4.06. The molecule has 0 unspecified atom stereocenters. The highest BCUT2D eigenvalue weighted by atomic mass is 32.2. The summed E-state index contributed by atoms with van der Waals surface area (Å²) < 4.78 is 34.1. The van der Waals surface area contributed by atoms with Gasteiger partial charge in [-0.15, -0.1) is 0 Å². The molecule has 1 aliphatic rings. The standard InChI is InChI=1S/C16H19NO5S/c1-21-13-5-3-4-11-10-14(22-15(11)13)16(18)17-8-6-12(7-9-17)23(2,19)20/h3-5,10,12H,6-9H2,1-2H3. The van der Waals surface area contributed by atoms with Gasteiger partial charge >= 0.3 is 0 Å². The molecular weight excluding hydrogens is 318 g/mol. The van der Waals surface area contributed by atoms with Gasteiger partial charge in [0.2, 0.25) is 0 Å². The van der Waals surface area contributed by atoms with E-state index in [1.165, 1.54) is 6.26 Å². The number of fused-ring (bicyclic) bond motifs is 1. The van der Waals surface area contributed by atoms with Crippen molar-refractivity contribution >= 4 is 26.7 Å². The second-order valence-electron chi connectivity index (χ2n) is 5.81. The lowest BCUT2D eigenvalue weighted by molar-refractivity contribution is 0.0696. The molecule has 124 valence electrons. The van der Waals surface area contributed by atoms with Gasteiger partial charge in [-0.1, -0.05) is 12.1 Å². The third-order valence-corrected chi connectivity index (χ3v) is 5.96. The fourth-order valence-corrected chi connectivity index (χ4v) is 4.01. The summed E-state index contributed by atoms with van der Waals surface area (Å²) in [7, 11) is -1.50. The van der Waals surface area contributed by atoms with Gasteiger partial charge < -0.3 is 14.1 Å². The fraction of sp³-hybridized carbons (Fsp3) is 0.438. The number of likely N-dealkylation sites (tertiary alicyclic amines) is 1. The van der Waals surface area contributed by atoms with E-state index in [1.807, 2.05) is 12.1 Å². The van der Waals surface area contributed by atoms with Crippen molar-refractivity contribution in [2.45, 2.75) is 18.1 Å². The number of furan rings is 1. The Balaban J connectivity index is 1.79. The van der Waals surface area contributed by atoms with Gasteiger partial charge in [-0.2, -0.15) is 0 Å². The minimum atomic E-state index is -3.05. The van der Waals surface area contributed by atoms with Crippen LogP contribution in [0.15, 0.2) is 28.7 Å². The zero-order valence-corrected chi connectivity index (χ0v) is 13.9. The molecule has 0 bridgehead atoms. The summed E-state index contributed by atoms with van der Waals surface area (Å²) >= 11 is 0. The van der Waals surface area contributed by atoms with Crippen LogP contribution in [0.4, 0.5) is 0 Å². The van der Waals surface area contributed by atoms with E-state index in [9.17, 15) is 13.2 Å². The lowest BCUT2D eigenvalue weighted by Crippen LogP contribution is -2.42. The van der Waals surface area contributed by atoms with Crippen LogP contribution in [0.5, 0.6) is 5.75 Å². The predicted molar refractivity (Wildman–Crippen MR) is 86.5 cm³/mol. The molecule has 1 amide bonds. The number of para-hydroxylation sites is 1. The number of piperidine rings is 1. The molecule has 1 fully saturated rings. The summed E-state index contributed by atoms with van der Waals surface area (Å²) in [6.07, 6.45) is 2.18. The van der Waals surface area contributed by atoms with Crippen molar-refractivity contribution in [3.05, 3.63) is 30.0 Å². The summed E-state index contributed by atoms with van der Waals surface area (Å²) in [5.41, 5.74) is 0.546. The first-order valence-corrected chi connectivity index (χ1v) is 9.40. The lowest BCUT2D eigenvalue weighted by Gasteiger charge is -2.30. The van der Waals surface area contributed by atoms with Gasteiger partial charge in [0, 0.05) is 24.7 Å². The normalized spacial score (nSPS) is 16.7. The first kappa shape index (κ1) is 15.9. The Morgan fingerprint density at radius 3 is 2.61 bits per heavy atom. The number of methoxy groups -OCH3 is 1. The van der Waals surface area contributed by atoms with E-state index in [2.05, 4.69) is 0 Å². The van der Waals surface area contributed by atoms with E-state index in [1.54, 1.807) is 24.1 Å². The molecule has 1 saturated heterocycles. The molecule has 0 saturated carbocycles. The molecule has 0 radical (unpaired) electrons. The number of nitrogens with zero attached hydrogens (tertiary/aromatic N) is 1. The van der Waals surface area contributed by atoms with E-state index in [-0.39, 0.29) is 16.9 Å². The topological polar surface area (TPSA) is 76.8 Å². The van der Waals surface area contributed by atoms with E-state index in [0.29, 0.717) is 37.3 Å². The molecule has 2 heterocycles. The van der Waals surface area contributed by atoms with Gasteiger partial charge in [-0.05, 0) is 25.0 Å². The Morgan fingerprint density at radius 2 is 2.00 bits per heavy atom. The zero-order chi connectivity index (χ0) is 16.6. The number of hydrogen-bond acceptors (Lipinski definition) is 5. The highest BCUT2D eigenvalue weighted by molar-refractivity contribution is 7.91. The average Bonchev–Trinajstić information content (AvgIpc) is 2.97. The van der Waals surface area contributed by atoms with Crippen LogP contribution < -0.4 is 4.74 Å². The minimum absolute atomic E-state index is 0.213. The highest BCUT2D eigenvalue weighted by Gasteiger charge is 2.30. The molecule has 0 aliphatic carbocycles. The third-order valence-electron chi connectivity index (χ3n) is 4.27. The lowest BCUT2D eigenvalue weighted by atomic mass is 10.1. The first-order valence-electron chi connectivity index (χ1n) is 7.45. The predicted octanol–water partition coefficient (Wildman–Crippen LogP) is 2.09. The molecule has 0 atom stereocenters. The Morgan fingerprint density at radius 1 is 1.30 bits per heavy atom. The minimum Gasteiger partial charge on any atom is -0.493 e. The quantitative estimate of drug-likeness (QED) is 0.857. The van der Waals surface area contributed by atoms with Crippen molar-refractivity contribution in [2.75, 3.05) is 26.5 Å². The molecule has 1 aliphatic heterocycles. The maximum absolute atomic E-state index is 12.6. The van der Waals surface area contributed by atoms with Gasteiger partial charge in [0.05, 0.1) is 12.4 Å². The third kappa shape index (κ3) is 3.06. The van der Waals surface area contributed by atoms with Crippen LogP contribution in [0.25, 0.3) is 11.0 Å². The second kappa shape index (κ2) is 5.88. The molecule has 23 heavy (non-hydrogen) atoms. The summed E-state index contributed by atoms with van der Waals surface area (Å²) in [5, 5.41) is 0.445. The number of carbonyl (C=O) groups is 1. The van der Waals surface area contributed by atoms with Crippen LogP contribution in [0.1, 0.15) is 23.4 Å². The monoisotopic (exact) mass is 337 g/mol. The zero-order valence-electron chi connectivity index (χ0n) is 13.1. The SMILES string of the molecule is COc1cccc2cc(C(=O)N3CCC(S(C)(=O)=O)CC3)oc12. The number of ether oxygens (including phenoxy) is 1. The Labute approximate surface area is 134 Å². The van der Waals surface area contributed by atoms with Gasteiger partial charge in [-0.25, -0.2) is 8.42 Å². The van der Waals surface area contributed by atoms with Crippen LogP contribution in [-0.4, -0.2) is 50.9 Å². The molecule has 0 spiro atoms. The summed E-state index contributed by atoms with van der Waals surface area (Å²) in [4.78, 5) is 14.2. The molecule has 7 heteroatoms. The molecular formula is C16H19NO5S. The van der Waals surface area contributed by atoms with Crippen molar-refractivity contribution in [2.24, 2.45) is 0 Å². The Bertz CT molecular complexity index is 831. The van der Waals surface area contributed by atoms with Crippen molar-refractivity contribution < 1.29 is 22.4 Å². The van der Waals surface area contributed by atoms with Gasteiger partial charge in [0.15, 0.2) is 17.1 Å². The average molecular weight is 337 g/mol. The van der Waals surface area contributed by atoms with Crippen LogP contribution in [0.2, 0.25) is 0 Å². The van der Waals surface area contributed by atoms with Crippen molar-refractivity contribution in [3.8, 4) is 5.75 Å². The molecule has 6 nitrogen and oxygen atoms in total. The van der Waals surface area contributed by atoms with E-state index < -0.39 is 9.84 Å². The van der Waals surface area contributed by atoms with Crippen molar-refractivity contribution in [3.63, 3.8) is 0 Å². The second-order valence-corrected chi connectivity index (χ2v) is 8.14. The number of amides is 1. The number of carbonyl (C=O) groups excluding carboxylic acids is 1. The van der Waals surface area contributed by atoms with Gasteiger partial charge in [0.1, 0.15) is 9.84 Å². The maximum atomic E-state index is 12.6. The number of hydrogen-bond donors (Lipinski definition) is 0. The fourth-order valence-electron chi connectivity index (χ4n) is 2.95.